The Hall–Kier alpha value is -1.62. The van der Waals surface area contributed by atoms with Gasteiger partial charge in [-0.05, 0) is 55.4 Å². The number of nitrogens with one attached hydrogen (secondary N) is 1. The smallest absolute Gasteiger partial charge is 0.175 e. The van der Waals surface area contributed by atoms with Crippen molar-refractivity contribution in [2.45, 2.75) is 96.2 Å². The molecule has 2 aliphatic carbocycles. The van der Waals surface area contributed by atoms with Crippen LogP contribution in [0.4, 0.5) is 0 Å². The van der Waals surface area contributed by atoms with Crippen LogP contribution in [-0.4, -0.2) is 40.1 Å². The van der Waals surface area contributed by atoms with Gasteiger partial charge in [0.2, 0.25) is 0 Å². The predicted molar refractivity (Wildman–Crippen MR) is 128 cm³/mol. The van der Waals surface area contributed by atoms with Gasteiger partial charge in [0.25, 0.3) is 0 Å². The molecule has 1 unspecified atom stereocenters. The van der Waals surface area contributed by atoms with Crippen LogP contribution in [0.3, 0.4) is 0 Å². The molecule has 1 aromatic carbocycles. The fourth-order valence-corrected chi connectivity index (χ4v) is 5.78. The molecule has 3 fully saturated rings. The summed E-state index contributed by atoms with van der Waals surface area (Å²) in [5.74, 6) is 2.01. The SMILES string of the molecule is CC(C)(C)C(COc1ccccc1)N=C1NC(=S)N(C2CCCCC2)C12CCCC2. The molecule has 1 spiro atoms. The van der Waals surface area contributed by atoms with Crippen molar-refractivity contribution in [2.75, 3.05) is 6.61 Å². The van der Waals surface area contributed by atoms with Gasteiger partial charge in [0, 0.05) is 6.04 Å². The first-order valence-electron chi connectivity index (χ1n) is 11.8. The second-order valence-corrected chi connectivity index (χ2v) is 10.7. The highest BCUT2D eigenvalue weighted by atomic mass is 32.1. The fourth-order valence-electron chi connectivity index (χ4n) is 5.36. The van der Waals surface area contributed by atoms with E-state index in [1.54, 1.807) is 0 Å². The van der Waals surface area contributed by atoms with E-state index in [1.165, 1.54) is 44.9 Å². The van der Waals surface area contributed by atoms with Gasteiger partial charge >= 0.3 is 0 Å². The average Bonchev–Trinajstić information content (AvgIpc) is 3.31. The number of thiocarbonyl (C=S) groups is 1. The van der Waals surface area contributed by atoms with Crippen molar-refractivity contribution in [1.29, 1.82) is 0 Å². The van der Waals surface area contributed by atoms with Crippen LogP contribution in [-0.2, 0) is 0 Å². The number of rotatable bonds is 5. The van der Waals surface area contributed by atoms with Gasteiger partial charge in [-0.15, -0.1) is 0 Å². The molecule has 0 radical (unpaired) electrons. The van der Waals surface area contributed by atoms with Gasteiger partial charge in [0.1, 0.15) is 23.7 Å². The molecule has 164 valence electrons. The molecule has 4 nitrogen and oxygen atoms in total. The van der Waals surface area contributed by atoms with Gasteiger partial charge in [0.05, 0.1) is 6.04 Å². The van der Waals surface area contributed by atoms with Gasteiger partial charge in [-0.2, -0.15) is 0 Å². The van der Waals surface area contributed by atoms with Crippen molar-refractivity contribution >= 4 is 23.2 Å². The Morgan fingerprint density at radius 1 is 1.10 bits per heavy atom. The Balaban J connectivity index is 1.61. The molecular formula is C25H37N3OS. The lowest BCUT2D eigenvalue weighted by atomic mass is 9.86. The molecule has 1 atom stereocenters. The highest BCUT2D eigenvalue weighted by molar-refractivity contribution is 7.80. The predicted octanol–water partition coefficient (Wildman–Crippen LogP) is 5.71. The summed E-state index contributed by atoms with van der Waals surface area (Å²) in [6, 6.07) is 10.7. The zero-order valence-electron chi connectivity index (χ0n) is 18.8. The Bertz CT molecular complexity index is 758. The molecule has 1 aromatic rings. The molecule has 2 saturated carbocycles. The molecule has 0 aromatic heterocycles. The summed E-state index contributed by atoms with van der Waals surface area (Å²) in [4.78, 5) is 7.92. The summed E-state index contributed by atoms with van der Waals surface area (Å²) < 4.78 is 6.14. The Labute approximate surface area is 187 Å². The summed E-state index contributed by atoms with van der Waals surface area (Å²) in [7, 11) is 0. The number of benzene rings is 1. The minimum atomic E-state index is -0.0185. The van der Waals surface area contributed by atoms with E-state index in [0.29, 0.717) is 12.6 Å². The normalized spacial score (nSPS) is 24.4. The molecule has 3 aliphatic rings. The summed E-state index contributed by atoms with van der Waals surface area (Å²) in [5, 5.41) is 4.49. The number of hydrogen-bond acceptors (Lipinski definition) is 3. The quantitative estimate of drug-likeness (QED) is 0.610. The van der Waals surface area contributed by atoms with E-state index in [4.69, 9.17) is 21.9 Å². The minimum absolute atomic E-state index is 0.00311. The van der Waals surface area contributed by atoms with E-state index in [0.717, 1.165) is 29.5 Å². The van der Waals surface area contributed by atoms with E-state index >= 15 is 0 Å². The monoisotopic (exact) mass is 427 g/mol. The van der Waals surface area contributed by atoms with Crippen LogP contribution < -0.4 is 10.1 Å². The molecule has 1 saturated heterocycles. The second kappa shape index (κ2) is 8.86. The maximum Gasteiger partial charge on any atom is 0.175 e. The Morgan fingerprint density at radius 3 is 2.40 bits per heavy atom. The van der Waals surface area contributed by atoms with Gasteiger partial charge in [-0.3, -0.25) is 4.99 Å². The maximum atomic E-state index is 6.14. The van der Waals surface area contributed by atoms with Crippen LogP contribution in [0.5, 0.6) is 5.75 Å². The number of ether oxygens (including phenoxy) is 1. The van der Waals surface area contributed by atoms with Crippen LogP contribution in [0.15, 0.2) is 35.3 Å². The molecule has 4 rings (SSSR count). The van der Waals surface area contributed by atoms with E-state index in [9.17, 15) is 0 Å². The van der Waals surface area contributed by atoms with Crippen molar-refractivity contribution in [2.24, 2.45) is 10.4 Å². The lowest BCUT2D eigenvalue weighted by molar-refractivity contribution is 0.163. The lowest BCUT2D eigenvalue weighted by Gasteiger charge is -2.42. The summed E-state index contributed by atoms with van der Waals surface area (Å²) >= 11 is 5.90. The number of hydrogen-bond donors (Lipinski definition) is 1. The van der Waals surface area contributed by atoms with Crippen LogP contribution in [0.1, 0.15) is 78.6 Å². The third kappa shape index (κ3) is 4.37. The molecule has 5 heteroatoms. The number of aliphatic imine (C=N–C) groups is 1. The van der Waals surface area contributed by atoms with Crippen LogP contribution in [0.2, 0.25) is 0 Å². The first-order valence-corrected chi connectivity index (χ1v) is 12.2. The molecule has 1 heterocycles. The largest absolute Gasteiger partial charge is 0.491 e. The van der Waals surface area contributed by atoms with Crippen molar-refractivity contribution in [3.05, 3.63) is 30.3 Å². The first-order chi connectivity index (χ1) is 14.4. The number of para-hydroxylation sites is 1. The average molecular weight is 428 g/mol. The lowest BCUT2D eigenvalue weighted by Crippen LogP contribution is -2.53. The van der Waals surface area contributed by atoms with Gasteiger partial charge in [-0.1, -0.05) is 71.1 Å². The van der Waals surface area contributed by atoms with E-state index in [1.807, 2.05) is 30.3 Å². The number of nitrogens with zero attached hydrogens (tertiary/aromatic N) is 2. The molecular weight excluding hydrogens is 390 g/mol. The van der Waals surface area contributed by atoms with Crippen molar-refractivity contribution < 1.29 is 4.74 Å². The Morgan fingerprint density at radius 2 is 1.77 bits per heavy atom. The molecule has 0 amide bonds. The third-order valence-corrected chi connectivity index (χ3v) is 7.45. The van der Waals surface area contributed by atoms with Gasteiger partial charge in [-0.25, -0.2) is 0 Å². The molecule has 0 bridgehead atoms. The second-order valence-electron chi connectivity index (χ2n) is 10.3. The van der Waals surface area contributed by atoms with Crippen molar-refractivity contribution in [1.82, 2.24) is 10.2 Å². The van der Waals surface area contributed by atoms with E-state index in [2.05, 4.69) is 31.0 Å². The highest BCUT2D eigenvalue weighted by Gasteiger charge is 2.53. The number of amidine groups is 1. The van der Waals surface area contributed by atoms with Crippen molar-refractivity contribution in [3.63, 3.8) is 0 Å². The first kappa shape index (κ1) is 21.6. The summed E-state index contributed by atoms with van der Waals surface area (Å²) in [6.45, 7) is 7.34. The minimum Gasteiger partial charge on any atom is -0.491 e. The standard InChI is InChI=1S/C25H37N3OS/c1-24(2,3)21(18-29-20-14-8-5-9-15-20)26-22-25(16-10-11-17-25)28(23(30)27-22)19-12-6-4-7-13-19/h5,8-9,14-15,19,21H,4,6-7,10-13,16-18H2,1-3H3,(H,26,27,30). The molecule has 30 heavy (non-hydrogen) atoms. The van der Waals surface area contributed by atoms with Crippen LogP contribution >= 0.6 is 12.2 Å². The summed E-state index contributed by atoms with van der Waals surface area (Å²) in [5.41, 5.74) is -0.0154. The molecule has 1 aliphatic heterocycles. The van der Waals surface area contributed by atoms with Crippen LogP contribution in [0, 0.1) is 5.41 Å². The van der Waals surface area contributed by atoms with Gasteiger partial charge in [0.15, 0.2) is 5.11 Å². The van der Waals surface area contributed by atoms with Gasteiger partial charge < -0.3 is 15.0 Å². The fraction of sp³-hybridized carbons (Fsp3) is 0.680. The van der Waals surface area contributed by atoms with Crippen LogP contribution in [0.25, 0.3) is 0 Å². The molecule has 1 N–H and O–H groups in total. The van der Waals surface area contributed by atoms with Crippen molar-refractivity contribution in [3.8, 4) is 5.75 Å². The Kier molecular flexibility index (Phi) is 6.38. The summed E-state index contributed by atoms with van der Waals surface area (Å²) in [6.07, 6.45) is 11.4. The third-order valence-electron chi connectivity index (χ3n) is 7.15. The topological polar surface area (TPSA) is 36.9 Å². The van der Waals surface area contributed by atoms with E-state index in [-0.39, 0.29) is 17.0 Å². The highest BCUT2D eigenvalue weighted by Crippen LogP contribution is 2.43. The zero-order valence-corrected chi connectivity index (χ0v) is 19.6. The maximum absolute atomic E-state index is 6.14. The van der Waals surface area contributed by atoms with E-state index < -0.39 is 0 Å². The zero-order chi connectivity index (χ0) is 21.2.